The molecule has 0 bridgehead atoms. The third-order valence-electron chi connectivity index (χ3n) is 4.67. The first-order valence-corrected chi connectivity index (χ1v) is 9.18. The summed E-state index contributed by atoms with van der Waals surface area (Å²) in [7, 11) is 3.25. The lowest BCUT2D eigenvalue weighted by molar-refractivity contribution is 0.414. The highest BCUT2D eigenvalue weighted by molar-refractivity contribution is 5.80. The second-order valence-corrected chi connectivity index (χ2v) is 6.43. The number of aromatic nitrogens is 2. The summed E-state index contributed by atoms with van der Waals surface area (Å²) in [6.45, 7) is 0. The molecule has 0 saturated heterocycles. The molecule has 0 spiro atoms. The number of rotatable bonds is 5. The molecule has 1 aromatic heterocycles. The highest BCUT2D eigenvalue weighted by atomic mass is 16.5. The molecule has 29 heavy (non-hydrogen) atoms. The van der Waals surface area contributed by atoms with Crippen LogP contribution in [0.1, 0.15) is 11.4 Å². The van der Waals surface area contributed by atoms with Gasteiger partial charge in [-0.05, 0) is 60.2 Å². The second kappa shape index (κ2) is 8.02. The van der Waals surface area contributed by atoms with Crippen LogP contribution in [0.4, 0.5) is 0 Å². The van der Waals surface area contributed by atoms with Crippen molar-refractivity contribution in [3.63, 3.8) is 0 Å². The maximum atomic E-state index is 13.2. The van der Waals surface area contributed by atoms with Gasteiger partial charge in [-0.1, -0.05) is 30.3 Å². The van der Waals surface area contributed by atoms with Gasteiger partial charge in [0, 0.05) is 0 Å². The topological polar surface area (TPSA) is 53.3 Å². The van der Waals surface area contributed by atoms with Crippen LogP contribution in [0.2, 0.25) is 0 Å². The molecule has 4 aromatic rings. The van der Waals surface area contributed by atoms with E-state index in [0.717, 1.165) is 22.7 Å². The lowest BCUT2D eigenvalue weighted by Gasteiger charge is -2.12. The minimum atomic E-state index is -0.116. The van der Waals surface area contributed by atoms with Crippen LogP contribution in [0.3, 0.4) is 0 Å². The smallest absolute Gasteiger partial charge is 0.266 e. The summed E-state index contributed by atoms with van der Waals surface area (Å²) in [4.78, 5) is 18.0. The first kappa shape index (κ1) is 18.5. The predicted molar refractivity (Wildman–Crippen MR) is 116 cm³/mol. The highest BCUT2D eigenvalue weighted by Crippen LogP contribution is 2.19. The van der Waals surface area contributed by atoms with E-state index in [0.29, 0.717) is 16.7 Å². The van der Waals surface area contributed by atoms with Gasteiger partial charge in [-0.25, -0.2) is 4.98 Å². The van der Waals surface area contributed by atoms with Crippen molar-refractivity contribution >= 4 is 23.1 Å². The van der Waals surface area contributed by atoms with Crippen molar-refractivity contribution in [3.05, 3.63) is 94.5 Å². The van der Waals surface area contributed by atoms with Crippen LogP contribution in [-0.2, 0) is 0 Å². The Hall–Kier alpha value is -3.86. The van der Waals surface area contributed by atoms with Crippen molar-refractivity contribution in [1.29, 1.82) is 0 Å². The largest absolute Gasteiger partial charge is 0.497 e. The fourth-order valence-corrected chi connectivity index (χ4v) is 3.13. The van der Waals surface area contributed by atoms with E-state index in [9.17, 15) is 4.79 Å². The lowest BCUT2D eigenvalue weighted by Crippen LogP contribution is -2.22. The van der Waals surface area contributed by atoms with Gasteiger partial charge in [-0.3, -0.25) is 9.36 Å². The van der Waals surface area contributed by atoms with Crippen molar-refractivity contribution in [2.24, 2.45) is 0 Å². The van der Waals surface area contributed by atoms with Crippen LogP contribution in [0.25, 0.3) is 28.7 Å². The van der Waals surface area contributed by atoms with E-state index in [1.165, 1.54) is 0 Å². The summed E-state index contributed by atoms with van der Waals surface area (Å²) < 4.78 is 12.0. The maximum Gasteiger partial charge on any atom is 0.266 e. The number of hydrogen-bond acceptors (Lipinski definition) is 4. The fraction of sp³-hybridized carbons (Fsp3) is 0.0833. The molecule has 3 aromatic carbocycles. The van der Waals surface area contributed by atoms with Gasteiger partial charge < -0.3 is 9.47 Å². The normalized spacial score (nSPS) is 11.1. The Balaban J connectivity index is 1.86. The zero-order valence-electron chi connectivity index (χ0n) is 16.2. The SMILES string of the molecule is COc1ccc(/C=C/c2nc3ccccc3c(=O)n2-c2ccc(OC)cc2)cc1. The Labute approximate surface area is 168 Å². The minimum Gasteiger partial charge on any atom is -0.497 e. The van der Waals surface area contributed by atoms with Crippen molar-refractivity contribution in [2.75, 3.05) is 14.2 Å². The molecule has 0 unspecified atom stereocenters. The molecule has 1 heterocycles. The molecule has 0 fully saturated rings. The van der Waals surface area contributed by atoms with Gasteiger partial charge in [0.1, 0.15) is 17.3 Å². The zero-order chi connectivity index (χ0) is 20.2. The number of nitrogens with zero attached hydrogens (tertiary/aromatic N) is 2. The van der Waals surface area contributed by atoms with Gasteiger partial charge in [0.2, 0.25) is 0 Å². The van der Waals surface area contributed by atoms with Crippen LogP contribution in [0.15, 0.2) is 77.6 Å². The standard InChI is InChI=1S/C24H20N2O3/c1-28-19-12-7-17(8-13-19)9-16-23-25-22-6-4-3-5-21(22)24(27)26(23)18-10-14-20(29-2)15-11-18/h3-16H,1-2H3/b16-9+. The van der Waals surface area contributed by atoms with Crippen molar-refractivity contribution in [1.82, 2.24) is 9.55 Å². The Morgan fingerprint density at radius 2 is 1.41 bits per heavy atom. The highest BCUT2D eigenvalue weighted by Gasteiger charge is 2.11. The van der Waals surface area contributed by atoms with E-state index >= 15 is 0 Å². The molecule has 0 aliphatic heterocycles. The molecule has 0 radical (unpaired) electrons. The van der Waals surface area contributed by atoms with E-state index in [4.69, 9.17) is 14.5 Å². The Bertz CT molecular complexity index is 1220. The Kier molecular flexibility index (Phi) is 5.12. The van der Waals surface area contributed by atoms with Crippen molar-refractivity contribution in [2.45, 2.75) is 0 Å². The summed E-state index contributed by atoms with van der Waals surface area (Å²) in [6.07, 6.45) is 3.77. The molecule has 0 aliphatic rings. The summed E-state index contributed by atoms with van der Waals surface area (Å²) in [5, 5.41) is 0.574. The number of benzene rings is 3. The quantitative estimate of drug-likeness (QED) is 0.506. The minimum absolute atomic E-state index is 0.116. The average molecular weight is 384 g/mol. The molecule has 0 saturated carbocycles. The first-order chi connectivity index (χ1) is 14.2. The summed E-state index contributed by atoms with van der Waals surface area (Å²) in [6, 6.07) is 22.4. The molecule has 5 heteroatoms. The number of fused-ring (bicyclic) bond motifs is 1. The van der Waals surface area contributed by atoms with Crippen LogP contribution >= 0.6 is 0 Å². The molecule has 0 N–H and O–H groups in total. The van der Waals surface area contributed by atoms with Gasteiger partial charge in [-0.2, -0.15) is 0 Å². The summed E-state index contributed by atoms with van der Waals surface area (Å²) in [5.74, 6) is 2.07. The van der Waals surface area contributed by atoms with E-state index in [1.54, 1.807) is 24.9 Å². The van der Waals surface area contributed by atoms with Crippen LogP contribution in [-0.4, -0.2) is 23.8 Å². The predicted octanol–water partition coefficient (Wildman–Crippen LogP) is 4.57. The van der Waals surface area contributed by atoms with Gasteiger partial charge in [-0.15, -0.1) is 0 Å². The molecule has 0 amide bonds. The average Bonchev–Trinajstić information content (AvgIpc) is 2.78. The molecule has 5 nitrogen and oxygen atoms in total. The third kappa shape index (κ3) is 3.75. The molecule has 0 atom stereocenters. The Morgan fingerprint density at radius 1 is 0.793 bits per heavy atom. The summed E-state index contributed by atoms with van der Waals surface area (Å²) >= 11 is 0. The second-order valence-electron chi connectivity index (χ2n) is 6.43. The van der Waals surface area contributed by atoms with Crippen LogP contribution in [0.5, 0.6) is 11.5 Å². The van der Waals surface area contributed by atoms with E-state index < -0.39 is 0 Å². The molecule has 0 aliphatic carbocycles. The third-order valence-corrected chi connectivity index (χ3v) is 4.67. The number of hydrogen-bond donors (Lipinski definition) is 0. The monoisotopic (exact) mass is 384 g/mol. The number of para-hydroxylation sites is 1. The van der Waals surface area contributed by atoms with Gasteiger partial charge in [0.25, 0.3) is 5.56 Å². The summed E-state index contributed by atoms with van der Waals surface area (Å²) in [5.41, 5.74) is 2.25. The van der Waals surface area contributed by atoms with Gasteiger partial charge in [0.05, 0.1) is 30.8 Å². The number of methoxy groups -OCH3 is 2. The Morgan fingerprint density at radius 3 is 2.07 bits per heavy atom. The molecular formula is C24H20N2O3. The van der Waals surface area contributed by atoms with Gasteiger partial charge >= 0.3 is 0 Å². The van der Waals surface area contributed by atoms with Crippen molar-refractivity contribution < 1.29 is 9.47 Å². The zero-order valence-corrected chi connectivity index (χ0v) is 16.2. The van der Waals surface area contributed by atoms with E-state index in [1.807, 2.05) is 78.9 Å². The van der Waals surface area contributed by atoms with Crippen LogP contribution in [0, 0.1) is 0 Å². The van der Waals surface area contributed by atoms with Gasteiger partial charge in [0.15, 0.2) is 0 Å². The van der Waals surface area contributed by atoms with Crippen molar-refractivity contribution in [3.8, 4) is 17.2 Å². The van der Waals surface area contributed by atoms with E-state index in [2.05, 4.69) is 0 Å². The maximum absolute atomic E-state index is 13.2. The fourth-order valence-electron chi connectivity index (χ4n) is 3.13. The lowest BCUT2D eigenvalue weighted by atomic mass is 10.2. The first-order valence-electron chi connectivity index (χ1n) is 9.18. The van der Waals surface area contributed by atoms with Crippen LogP contribution < -0.4 is 15.0 Å². The molecule has 4 rings (SSSR count). The number of ether oxygens (including phenoxy) is 2. The van der Waals surface area contributed by atoms with E-state index in [-0.39, 0.29) is 5.56 Å². The molecular weight excluding hydrogens is 364 g/mol. The molecule has 144 valence electrons.